The second-order valence-corrected chi connectivity index (χ2v) is 11.2. The maximum absolute atomic E-state index is 4.22. The second kappa shape index (κ2) is 22.4. The van der Waals surface area contributed by atoms with Crippen LogP contribution in [-0.4, -0.2) is 69.0 Å². The highest BCUT2D eigenvalue weighted by Gasteiger charge is 1.94. The summed E-state index contributed by atoms with van der Waals surface area (Å²) in [5, 5.41) is 0. The lowest BCUT2D eigenvalue weighted by atomic mass is 10.6. The Morgan fingerprint density at radius 3 is 1.00 bits per heavy atom. The predicted molar refractivity (Wildman–Crippen MR) is 124 cm³/mol. The first kappa shape index (κ1) is 23.4. The molecule has 0 heterocycles. The zero-order valence-electron chi connectivity index (χ0n) is 12.8. The summed E-state index contributed by atoms with van der Waals surface area (Å²) < 4.78 is 0. The average Bonchev–Trinajstić information content (AvgIpc) is 2.50. The number of hydrogen-bond donors (Lipinski definition) is 2. The van der Waals surface area contributed by atoms with E-state index in [1.54, 1.807) is 0 Å². The van der Waals surface area contributed by atoms with Crippen LogP contribution >= 0.6 is 84.1 Å². The van der Waals surface area contributed by atoms with Crippen LogP contribution in [0.1, 0.15) is 12.8 Å². The summed E-state index contributed by atoms with van der Waals surface area (Å²) in [5.74, 6) is 15.0. The van der Waals surface area contributed by atoms with Crippen molar-refractivity contribution in [2.45, 2.75) is 12.8 Å². The first-order chi connectivity index (χ1) is 10.4. The van der Waals surface area contributed by atoms with Gasteiger partial charge in [-0.15, -0.1) is 0 Å². The van der Waals surface area contributed by atoms with E-state index in [4.69, 9.17) is 0 Å². The molecule has 0 nitrogen and oxygen atoms in total. The molecule has 0 N–H and O–H groups in total. The molecule has 0 aromatic rings. The summed E-state index contributed by atoms with van der Waals surface area (Å²) in [5.41, 5.74) is 0. The van der Waals surface area contributed by atoms with Gasteiger partial charge in [0.05, 0.1) is 0 Å². The van der Waals surface area contributed by atoms with Gasteiger partial charge >= 0.3 is 0 Å². The molecule has 0 aliphatic heterocycles. The van der Waals surface area contributed by atoms with Gasteiger partial charge in [-0.25, -0.2) is 0 Å². The maximum atomic E-state index is 4.22. The molecule has 0 saturated heterocycles. The Kier molecular flexibility index (Phi) is 25.1. The van der Waals surface area contributed by atoms with Crippen molar-refractivity contribution in [2.24, 2.45) is 0 Å². The molecule has 0 bridgehead atoms. The molecule has 21 heavy (non-hydrogen) atoms. The Morgan fingerprint density at radius 2 is 0.667 bits per heavy atom. The third-order valence-corrected chi connectivity index (χ3v) is 9.21. The quantitative estimate of drug-likeness (QED) is 0.227. The van der Waals surface area contributed by atoms with Gasteiger partial charge in [0.25, 0.3) is 0 Å². The summed E-state index contributed by atoms with van der Waals surface area (Å²) in [6, 6.07) is 0. The highest BCUT2D eigenvalue weighted by atomic mass is 32.2. The lowest BCUT2D eigenvalue weighted by Crippen LogP contribution is -1.93. The molecule has 0 aromatic heterocycles. The molecule has 0 rings (SSSR count). The predicted octanol–water partition coefficient (Wildman–Crippen LogP) is 5.29. The lowest BCUT2D eigenvalue weighted by molar-refractivity contribution is 1.09. The highest BCUT2D eigenvalue weighted by molar-refractivity contribution is 8.03. The fraction of sp³-hybridized carbons (Fsp3) is 1.00. The van der Waals surface area contributed by atoms with Gasteiger partial charge in [0.15, 0.2) is 0 Å². The van der Waals surface area contributed by atoms with Gasteiger partial charge in [-0.2, -0.15) is 84.1 Å². The summed E-state index contributed by atoms with van der Waals surface area (Å²) in [4.78, 5) is 0. The van der Waals surface area contributed by atoms with Crippen molar-refractivity contribution >= 4 is 84.1 Å². The van der Waals surface area contributed by atoms with Crippen LogP contribution in [0, 0.1) is 0 Å². The van der Waals surface area contributed by atoms with E-state index < -0.39 is 0 Å². The fourth-order valence-electron chi connectivity index (χ4n) is 1.40. The van der Waals surface area contributed by atoms with Gasteiger partial charge in [-0.3, -0.25) is 0 Å². The molecular weight excluding hydrogens is 393 g/mol. The van der Waals surface area contributed by atoms with E-state index in [-0.39, 0.29) is 0 Å². The van der Waals surface area contributed by atoms with E-state index in [0.717, 1.165) is 11.5 Å². The lowest BCUT2D eigenvalue weighted by Gasteiger charge is -2.03. The van der Waals surface area contributed by atoms with Gasteiger partial charge in [0.1, 0.15) is 0 Å². The van der Waals surface area contributed by atoms with E-state index in [1.807, 2.05) is 23.5 Å². The van der Waals surface area contributed by atoms with E-state index in [2.05, 4.69) is 60.5 Å². The monoisotopic (exact) mass is 422 g/mol. The summed E-state index contributed by atoms with van der Waals surface area (Å²) in [6.45, 7) is 0. The molecule has 0 radical (unpaired) electrons. The Balaban J connectivity index is 2.90. The third-order valence-electron chi connectivity index (χ3n) is 2.37. The number of thiol groups is 2. The molecular formula is C14H30S7. The molecule has 0 unspecified atom stereocenters. The van der Waals surface area contributed by atoms with Crippen LogP contribution in [0.2, 0.25) is 0 Å². The van der Waals surface area contributed by atoms with Crippen molar-refractivity contribution < 1.29 is 0 Å². The number of rotatable bonds is 18. The van der Waals surface area contributed by atoms with E-state index in [1.165, 1.54) is 70.4 Å². The molecule has 0 amide bonds. The molecule has 0 aliphatic carbocycles. The molecule has 0 spiro atoms. The van der Waals surface area contributed by atoms with Crippen LogP contribution in [0.25, 0.3) is 0 Å². The molecule has 0 saturated carbocycles. The van der Waals surface area contributed by atoms with Crippen molar-refractivity contribution in [3.8, 4) is 0 Å². The Morgan fingerprint density at radius 1 is 0.381 bits per heavy atom. The normalized spacial score (nSPS) is 11.1. The molecule has 0 atom stereocenters. The van der Waals surface area contributed by atoms with Crippen LogP contribution < -0.4 is 0 Å². The topological polar surface area (TPSA) is 0 Å². The first-order valence-electron chi connectivity index (χ1n) is 7.52. The van der Waals surface area contributed by atoms with Gasteiger partial charge in [-0.1, -0.05) is 0 Å². The number of hydrogen-bond acceptors (Lipinski definition) is 7. The fourth-order valence-corrected chi connectivity index (χ4v) is 7.10. The van der Waals surface area contributed by atoms with E-state index >= 15 is 0 Å². The van der Waals surface area contributed by atoms with E-state index in [0.29, 0.717) is 0 Å². The van der Waals surface area contributed by atoms with Gasteiger partial charge in [0, 0.05) is 34.5 Å². The Bertz CT molecular complexity index is 163. The zero-order chi connectivity index (χ0) is 15.4. The van der Waals surface area contributed by atoms with Crippen LogP contribution in [0.5, 0.6) is 0 Å². The van der Waals surface area contributed by atoms with Crippen molar-refractivity contribution in [1.82, 2.24) is 0 Å². The Labute approximate surface area is 164 Å². The van der Waals surface area contributed by atoms with Crippen molar-refractivity contribution in [1.29, 1.82) is 0 Å². The third kappa shape index (κ3) is 22.4. The smallest absolute Gasteiger partial charge is 0.00238 e. The minimum Gasteiger partial charge on any atom is -0.179 e. The van der Waals surface area contributed by atoms with E-state index in [9.17, 15) is 0 Å². The van der Waals surface area contributed by atoms with Crippen molar-refractivity contribution in [3.05, 3.63) is 0 Å². The largest absolute Gasteiger partial charge is 0.179 e. The second-order valence-electron chi connectivity index (χ2n) is 4.22. The van der Waals surface area contributed by atoms with Gasteiger partial charge in [-0.05, 0) is 47.4 Å². The molecule has 0 aromatic carbocycles. The SMILES string of the molecule is SCCSCCSCCCSCCCSCCSCCS. The van der Waals surface area contributed by atoms with Gasteiger partial charge < -0.3 is 0 Å². The van der Waals surface area contributed by atoms with Crippen molar-refractivity contribution in [2.75, 3.05) is 69.0 Å². The van der Waals surface area contributed by atoms with Crippen LogP contribution in [-0.2, 0) is 0 Å². The average molecular weight is 423 g/mol. The minimum atomic E-state index is 1.01. The van der Waals surface area contributed by atoms with Gasteiger partial charge in [0.2, 0.25) is 0 Å². The molecule has 0 fully saturated rings. The molecule has 0 aliphatic rings. The van der Waals surface area contributed by atoms with Crippen molar-refractivity contribution in [3.63, 3.8) is 0 Å². The molecule has 7 heteroatoms. The standard InChI is InChI=1S/C14H30S7/c15-3-9-20-13-11-18-7-1-5-17-6-2-8-19-12-14-21-10-4-16/h15-16H,1-14H2. The van der Waals surface area contributed by atoms with Crippen LogP contribution in [0.4, 0.5) is 0 Å². The zero-order valence-corrected chi connectivity index (χ0v) is 18.7. The molecule has 128 valence electrons. The minimum absolute atomic E-state index is 1.01. The summed E-state index contributed by atoms with van der Waals surface area (Å²) in [7, 11) is 0. The number of thioether (sulfide) groups is 5. The summed E-state index contributed by atoms with van der Waals surface area (Å²) >= 11 is 18.9. The first-order valence-corrected chi connectivity index (χ1v) is 14.6. The maximum Gasteiger partial charge on any atom is 0.00238 e. The van der Waals surface area contributed by atoms with Crippen LogP contribution in [0.3, 0.4) is 0 Å². The highest BCUT2D eigenvalue weighted by Crippen LogP contribution is 2.13. The van der Waals surface area contributed by atoms with Crippen LogP contribution in [0.15, 0.2) is 0 Å². The Hall–Kier alpha value is 2.45. The summed E-state index contributed by atoms with van der Waals surface area (Å²) in [6.07, 6.45) is 2.75.